The second-order valence-electron chi connectivity index (χ2n) is 16.2. The summed E-state index contributed by atoms with van der Waals surface area (Å²) in [4.78, 5) is 49.8. The van der Waals surface area contributed by atoms with Crippen molar-refractivity contribution in [3.8, 4) is 0 Å². The average Bonchev–Trinajstić information content (AvgIpc) is 3.29. The zero-order valence-corrected chi connectivity index (χ0v) is 28.9. The van der Waals surface area contributed by atoms with E-state index in [1.165, 1.54) is 0 Å². The number of nitro groups is 2. The third kappa shape index (κ3) is 4.73. The summed E-state index contributed by atoms with van der Waals surface area (Å²) < 4.78 is 13.4. The Labute approximate surface area is 265 Å². The maximum absolute atomic E-state index is 14.3. The Hall–Kier alpha value is -2.96. The predicted molar refractivity (Wildman–Crippen MR) is 169 cm³/mol. The number of esters is 1. The molecule has 1 aromatic carbocycles. The molecule has 1 spiro atoms. The van der Waals surface area contributed by atoms with Crippen LogP contribution in [-0.2, 0) is 14.0 Å². The monoisotopic (exact) mass is 642 g/mol. The number of rotatable bonds is 6. The van der Waals surface area contributed by atoms with Gasteiger partial charge in [-0.1, -0.05) is 60.1 Å². The van der Waals surface area contributed by atoms with Crippen molar-refractivity contribution in [2.75, 3.05) is 0 Å². The van der Waals surface area contributed by atoms with Gasteiger partial charge >= 0.3 is 5.97 Å². The smallest absolute Gasteiger partial charge is 0.338 e. The first kappa shape index (κ1) is 33.4. The van der Waals surface area contributed by atoms with E-state index in [1.807, 2.05) is 20.8 Å². The van der Waals surface area contributed by atoms with Gasteiger partial charge in [0.05, 0.1) is 33.2 Å². The summed E-state index contributed by atoms with van der Waals surface area (Å²) in [6.45, 7) is 20.8. The molecule has 1 aromatic rings. The first-order chi connectivity index (χ1) is 20.5. The summed E-state index contributed by atoms with van der Waals surface area (Å²) in [5.41, 5.74) is -4.15. The SMILES string of the molecule is CC1=C[C@]2(C(=O)C1)[C@H](OC(=O)c1cc([N+](=O)[O-])cc([N+](=O)[O-])c1)[C@@H](C)[C@@H](O[Si](C)(C)C(C)(C)C)[C@H]1[C@H]3[C@@H](C[C@@H](C)[C@@]12O)C3(C)C. The first-order valence-electron chi connectivity index (χ1n) is 15.8. The van der Waals surface area contributed by atoms with Crippen LogP contribution < -0.4 is 0 Å². The van der Waals surface area contributed by atoms with Crippen LogP contribution in [0.2, 0.25) is 18.1 Å². The summed E-state index contributed by atoms with van der Waals surface area (Å²) in [6.07, 6.45) is 0.839. The Bertz CT molecular complexity index is 1480. The molecule has 0 radical (unpaired) electrons. The van der Waals surface area contributed by atoms with E-state index in [9.17, 15) is 34.9 Å². The van der Waals surface area contributed by atoms with Gasteiger partial charge in [0.2, 0.25) is 0 Å². The van der Waals surface area contributed by atoms with E-state index >= 15 is 0 Å². The number of carbonyl (C=O) groups excluding carboxylic acids is 2. The molecule has 0 saturated heterocycles. The highest BCUT2D eigenvalue weighted by molar-refractivity contribution is 6.74. The summed E-state index contributed by atoms with van der Waals surface area (Å²) >= 11 is 0. The lowest BCUT2D eigenvalue weighted by molar-refractivity contribution is -0.394. The molecule has 0 amide bonds. The first-order valence-corrected chi connectivity index (χ1v) is 18.7. The van der Waals surface area contributed by atoms with Crippen molar-refractivity contribution < 1.29 is 33.7 Å². The van der Waals surface area contributed by atoms with Crippen LogP contribution in [0, 0.1) is 60.6 Å². The van der Waals surface area contributed by atoms with E-state index in [0.29, 0.717) is 12.3 Å². The minimum atomic E-state index is -2.48. The number of non-ortho nitro benzene ring substituents is 2. The average molecular weight is 643 g/mol. The van der Waals surface area contributed by atoms with Gasteiger partial charge in [0.1, 0.15) is 11.5 Å². The highest BCUT2D eigenvalue weighted by atomic mass is 28.4. The predicted octanol–water partition coefficient (Wildman–Crippen LogP) is 6.63. The van der Waals surface area contributed by atoms with Crippen molar-refractivity contribution in [1.82, 2.24) is 0 Å². The third-order valence-electron chi connectivity index (χ3n) is 12.3. The van der Waals surface area contributed by atoms with Crippen molar-refractivity contribution in [2.45, 2.75) is 104 Å². The van der Waals surface area contributed by atoms with Crippen LogP contribution in [0.4, 0.5) is 11.4 Å². The summed E-state index contributed by atoms with van der Waals surface area (Å²) in [6, 6.07) is 2.66. The number of nitrogens with zero attached hydrogens (tertiary/aromatic N) is 2. The lowest BCUT2D eigenvalue weighted by Gasteiger charge is -2.64. The van der Waals surface area contributed by atoms with E-state index in [0.717, 1.165) is 23.8 Å². The highest BCUT2D eigenvalue weighted by Gasteiger charge is 2.81. The van der Waals surface area contributed by atoms with Gasteiger partial charge in [0.25, 0.3) is 11.4 Å². The largest absolute Gasteiger partial charge is 0.457 e. The van der Waals surface area contributed by atoms with E-state index in [4.69, 9.17) is 9.16 Å². The molecule has 246 valence electrons. The van der Waals surface area contributed by atoms with Gasteiger partial charge < -0.3 is 14.3 Å². The molecule has 5 rings (SSSR count). The lowest BCUT2D eigenvalue weighted by Crippen LogP contribution is -2.75. The number of ketones is 1. The Balaban J connectivity index is 1.70. The molecule has 3 fully saturated rings. The minimum absolute atomic E-state index is 0.0782. The van der Waals surface area contributed by atoms with E-state index in [2.05, 4.69) is 47.7 Å². The zero-order chi connectivity index (χ0) is 33.8. The standard InChI is InChI=1S/C33H46N2O9Si/c1-17-11-24(36)32(16-17)28(43-29(37)20-13-21(34(39)40)15-22(14-20)35(41)42)19(3)27(44-45(9,10)30(4,5)6)26-25-23(31(25,7)8)12-18(2)33(26,32)38/h13-16,18-19,23,25-28,38H,11-12H2,1-10H3/t18-,19+,23-,25-,26-,27-,28-,32+,33-/m1/s1. The molecule has 12 heteroatoms. The number of ether oxygens (including phenoxy) is 1. The van der Waals surface area contributed by atoms with Gasteiger partial charge in [0.15, 0.2) is 14.1 Å². The maximum Gasteiger partial charge on any atom is 0.338 e. The Morgan fingerprint density at radius 2 is 1.60 bits per heavy atom. The van der Waals surface area contributed by atoms with Crippen LogP contribution in [0.5, 0.6) is 0 Å². The number of benzene rings is 1. The molecule has 45 heavy (non-hydrogen) atoms. The second kappa shape index (κ2) is 10.3. The zero-order valence-electron chi connectivity index (χ0n) is 27.9. The summed E-state index contributed by atoms with van der Waals surface area (Å²) in [5, 5.41) is 36.3. The molecule has 3 saturated carbocycles. The quantitative estimate of drug-likeness (QED) is 0.118. The number of aliphatic hydroxyl groups is 1. The van der Waals surface area contributed by atoms with Crippen LogP contribution in [0.1, 0.15) is 78.6 Å². The number of allylic oxidation sites excluding steroid dienone is 1. The Morgan fingerprint density at radius 3 is 2.07 bits per heavy atom. The third-order valence-corrected chi connectivity index (χ3v) is 16.7. The normalized spacial score (nSPS) is 37.0. The number of carbonyl (C=O) groups is 2. The van der Waals surface area contributed by atoms with E-state index < -0.39 is 70.6 Å². The fraction of sp³-hybridized carbons (Fsp3) is 0.697. The van der Waals surface area contributed by atoms with Crippen LogP contribution in [-0.4, -0.2) is 52.8 Å². The molecule has 4 aliphatic carbocycles. The van der Waals surface area contributed by atoms with Crippen molar-refractivity contribution >= 4 is 31.4 Å². The van der Waals surface area contributed by atoms with Crippen LogP contribution in [0.15, 0.2) is 29.8 Å². The van der Waals surface area contributed by atoms with Gasteiger partial charge in [-0.25, -0.2) is 4.79 Å². The van der Waals surface area contributed by atoms with Crippen LogP contribution in [0.25, 0.3) is 0 Å². The molecular formula is C33H46N2O9Si. The number of fused-ring (bicyclic) bond motifs is 4. The number of hydrogen-bond acceptors (Lipinski definition) is 9. The molecule has 4 aliphatic rings. The fourth-order valence-corrected chi connectivity index (χ4v) is 10.3. The summed E-state index contributed by atoms with van der Waals surface area (Å²) in [5.74, 6) is -2.15. The van der Waals surface area contributed by atoms with Gasteiger partial charge in [-0.2, -0.15) is 0 Å². The topological polar surface area (TPSA) is 159 Å². The Morgan fingerprint density at radius 1 is 1.04 bits per heavy atom. The molecule has 0 aliphatic heterocycles. The second-order valence-corrected chi connectivity index (χ2v) is 20.9. The maximum atomic E-state index is 14.3. The molecule has 0 unspecified atom stereocenters. The number of nitro benzene ring substituents is 2. The van der Waals surface area contributed by atoms with Crippen molar-refractivity contribution in [2.24, 2.45) is 40.4 Å². The van der Waals surface area contributed by atoms with E-state index in [-0.39, 0.29) is 40.1 Å². The van der Waals surface area contributed by atoms with Crippen molar-refractivity contribution in [1.29, 1.82) is 0 Å². The van der Waals surface area contributed by atoms with Crippen molar-refractivity contribution in [3.05, 3.63) is 55.6 Å². The van der Waals surface area contributed by atoms with E-state index in [1.54, 1.807) is 6.08 Å². The molecule has 0 heterocycles. The van der Waals surface area contributed by atoms with Gasteiger partial charge in [-0.15, -0.1) is 0 Å². The van der Waals surface area contributed by atoms with Gasteiger partial charge in [-0.3, -0.25) is 25.0 Å². The fourth-order valence-electron chi connectivity index (χ4n) is 8.90. The van der Waals surface area contributed by atoms with Gasteiger partial charge in [0, 0.05) is 30.4 Å². The number of Topliss-reactive ketones (excluding diaryl/α,β-unsaturated/α-hetero) is 1. The van der Waals surface area contributed by atoms with Crippen LogP contribution in [0.3, 0.4) is 0 Å². The molecule has 0 bridgehead atoms. The number of hydrogen-bond donors (Lipinski definition) is 1. The molecule has 9 atom stereocenters. The highest BCUT2D eigenvalue weighted by Crippen LogP contribution is 2.76. The molecule has 11 nitrogen and oxygen atoms in total. The van der Waals surface area contributed by atoms with Crippen molar-refractivity contribution in [3.63, 3.8) is 0 Å². The lowest BCUT2D eigenvalue weighted by atomic mass is 9.46. The minimum Gasteiger partial charge on any atom is -0.457 e. The van der Waals surface area contributed by atoms with Crippen LogP contribution >= 0.6 is 0 Å². The molecular weight excluding hydrogens is 596 g/mol. The molecule has 0 aromatic heterocycles. The molecule has 1 N–H and O–H groups in total. The summed E-state index contributed by atoms with van der Waals surface area (Å²) in [7, 11) is -2.48. The van der Waals surface area contributed by atoms with Gasteiger partial charge in [-0.05, 0) is 54.6 Å². The Kier molecular flexibility index (Phi) is 7.62.